The Bertz CT molecular complexity index is 281. The van der Waals surface area contributed by atoms with E-state index in [1.807, 2.05) is 12.2 Å². The molecule has 2 rings (SSSR count). The SMILES string of the molecule is C=CC[C@H]1CCCC[C@@]1(C=C)OC1CCCCO1. The van der Waals surface area contributed by atoms with Crippen molar-refractivity contribution in [3.05, 3.63) is 25.3 Å². The molecule has 0 amide bonds. The van der Waals surface area contributed by atoms with Crippen molar-refractivity contribution in [2.75, 3.05) is 6.61 Å². The van der Waals surface area contributed by atoms with E-state index in [0.29, 0.717) is 5.92 Å². The van der Waals surface area contributed by atoms with E-state index in [1.54, 1.807) is 0 Å². The monoisotopic (exact) mass is 250 g/mol. The largest absolute Gasteiger partial charge is 0.353 e. The number of allylic oxidation sites excluding steroid dienone is 1. The molecule has 0 spiro atoms. The summed E-state index contributed by atoms with van der Waals surface area (Å²) in [4.78, 5) is 0. The number of ether oxygens (including phenoxy) is 2. The van der Waals surface area contributed by atoms with Crippen molar-refractivity contribution in [3.63, 3.8) is 0 Å². The van der Waals surface area contributed by atoms with E-state index in [0.717, 1.165) is 32.3 Å². The van der Waals surface area contributed by atoms with Crippen molar-refractivity contribution in [1.82, 2.24) is 0 Å². The highest BCUT2D eigenvalue weighted by Gasteiger charge is 2.40. The lowest BCUT2D eigenvalue weighted by molar-refractivity contribution is -0.231. The molecule has 2 nitrogen and oxygen atoms in total. The molecule has 1 saturated carbocycles. The Hall–Kier alpha value is -0.600. The maximum Gasteiger partial charge on any atom is 0.158 e. The van der Waals surface area contributed by atoms with Crippen molar-refractivity contribution < 1.29 is 9.47 Å². The first kappa shape index (κ1) is 13.8. The topological polar surface area (TPSA) is 18.5 Å². The number of hydrogen-bond donors (Lipinski definition) is 0. The maximum absolute atomic E-state index is 6.35. The van der Waals surface area contributed by atoms with E-state index in [4.69, 9.17) is 9.47 Å². The van der Waals surface area contributed by atoms with Gasteiger partial charge in [-0.2, -0.15) is 0 Å². The van der Waals surface area contributed by atoms with E-state index in [9.17, 15) is 0 Å². The lowest BCUT2D eigenvalue weighted by atomic mass is 9.73. The van der Waals surface area contributed by atoms with E-state index in [1.165, 1.54) is 25.7 Å². The van der Waals surface area contributed by atoms with Crippen molar-refractivity contribution in [2.45, 2.75) is 63.3 Å². The first-order valence-electron chi connectivity index (χ1n) is 7.34. The zero-order valence-electron chi connectivity index (χ0n) is 11.4. The maximum atomic E-state index is 6.35. The molecule has 2 aliphatic rings. The van der Waals surface area contributed by atoms with Crippen LogP contribution in [0.2, 0.25) is 0 Å². The van der Waals surface area contributed by atoms with E-state index >= 15 is 0 Å². The summed E-state index contributed by atoms with van der Waals surface area (Å²) < 4.78 is 12.1. The Kier molecular flexibility index (Phi) is 5.02. The molecule has 0 N–H and O–H groups in total. The predicted molar refractivity (Wildman–Crippen MR) is 74.4 cm³/mol. The van der Waals surface area contributed by atoms with Crippen LogP contribution < -0.4 is 0 Å². The minimum atomic E-state index is -0.186. The first-order chi connectivity index (χ1) is 8.80. The van der Waals surface area contributed by atoms with Gasteiger partial charge in [0.25, 0.3) is 0 Å². The molecule has 1 heterocycles. The Morgan fingerprint density at radius 1 is 1.17 bits per heavy atom. The van der Waals surface area contributed by atoms with Gasteiger partial charge < -0.3 is 9.47 Å². The number of hydrogen-bond acceptors (Lipinski definition) is 2. The second-order valence-electron chi connectivity index (χ2n) is 5.54. The van der Waals surface area contributed by atoms with Gasteiger partial charge >= 0.3 is 0 Å². The molecular formula is C16H26O2. The van der Waals surface area contributed by atoms with Crippen LogP contribution in [-0.4, -0.2) is 18.5 Å². The van der Waals surface area contributed by atoms with Crippen LogP contribution in [0, 0.1) is 5.92 Å². The molecular weight excluding hydrogens is 224 g/mol. The lowest BCUT2D eigenvalue weighted by Crippen LogP contribution is -2.45. The third-order valence-electron chi connectivity index (χ3n) is 4.35. The molecule has 0 aromatic carbocycles. The third kappa shape index (κ3) is 3.04. The molecule has 2 heteroatoms. The van der Waals surface area contributed by atoms with Crippen LogP contribution in [0.25, 0.3) is 0 Å². The fraction of sp³-hybridized carbons (Fsp3) is 0.750. The Morgan fingerprint density at radius 3 is 2.67 bits per heavy atom. The summed E-state index contributed by atoms with van der Waals surface area (Å²) in [6, 6.07) is 0. The minimum absolute atomic E-state index is 0.0258. The van der Waals surface area contributed by atoms with Crippen LogP contribution in [0.1, 0.15) is 51.4 Å². The predicted octanol–water partition coefficient (Wildman–Crippen LogP) is 4.22. The number of rotatable bonds is 5. The van der Waals surface area contributed by atoms with Crippen LogP contribution >= 0.6 is 0 Å². The van der Waals surface area contributed by atoms with Crippen LogP contribution in [0.4, 0.5) is 0 Å². The standard InChI is InChI=1S/C16H26O2/c1-3-9-14-10-5-7-12-16(14,4-2)18-15-11-6-8-13-17-15/h3-4,14-15H,1-2,5-13H2/t14-,15?,16+/m0/s1. The Balaban J connectivity index is 2.05. The fourth-order valence-electron chi connectivity index (χ4n) is 3.28. The van der Waals surface area contributed by atoms with Gasteiger partial charge in [0.2, 0.25) is 0 Å². The van der Waals surface area contributed by atoms with Crippen molar-refractivity contribution in [3.8, 4) is 0 Å². The van der Waals surface area contributed by atoms with Gasteiger partial charge in [0.05, 0.1) is 5.60 Å². The molecule has 1 aliphatic heterocycles. The highest BCUT2D eigenvalue weighted by molar-refractivity contribution is 5.06. The second-order valence-corrected chi connectivity index (χ2v) is 5.54. The quantitative estimate of drug-likeness (QED) is 0.680. The molecule has 102 valence electrons. The summed E-state index contributed by atoms with van der Waals surface area (Å²) in [6.07, 6.45) is 13.2. The van der Waals surface area contributed by atoms with Gasteiger partial charge in [-0.3, -0.25) is 0 Å². The van der Waals surface area contributed by atoms with Crippen LogP contribution in [0.15, 0.2) is 25.3 Å². The van der Waals surface area contributed by atoms with E-state index < -0.39 is 0 Å². The van der Waals surface area contributed by atoms with Gasteiger partial charge in [0.1, 0.15) is 0 Å². The molecule has 1 saturated heterocycles. The van der Waals surface area contributed by atoms with Gasteiger partial charge in [-0.25, -0.2) is 0 Å². The van der Waals surface area contributed by atoms with Gasteiger partial charge in [-0.1, -0.05) is 25.0 Å². The molecule has 2 fully saturated rings. The first-order valence-corrected chi connectivity index (χ1v) is 7.34. The highest BCUT2D eigenvalue weighted by atomic mass is 16.7. The molecule has 0 radical (unpaired) electrons. The van der Waals surface area contributed by atoms with Gasteiger partial charge in [0.15, 0.2) is 6.29 Å². The smallest absolute Gasteiger partial charge is 0.158 e. The van der Waals surface area contributed by atoms with Gasteiger partial charge in [0, 0.05) is 6.61 Å². The van der Waals surface area contributed by atoms with Crippen LogP contribution in [-0.2, 0) is 9.47 Å². The molecule has 18 heavy (non-hydrogen) atoms. The molecule has 0 aromatic heterocycles. The fourth-order valence-corrected chi connectivity index (χ4v) is 3.28. The van der Waals surface area contributed by atoms with E-state index in [-0.39, 0.29) is 11.9 Å². The zero-order valence-corrected chi connectivity index (χ0v) is 11.4. The van der Waals surface area contributed by atoms with Gasteiger partial charge in [-0.05, 0) is 44.4 Å². The molecule has 1 aliphatic carbocycles. The van der Waals surface area contributed by atoms with E-state index in [2.05, 4.69) is 13.2 Å². The molecule has 3 atom stereocenters. The summed E-state index contributed by atoms with van der Waals surface area (Å²) >= 11 is 0. The van der Waals surface area contributed by atoms with Crippen LogP contribution in [0.3, 0.4) is 0 Å². The summed E-state index contributed by atoms with van der Waals surface area (Å²) in [6.45, 7) is 8.76. The average Bonchev–Trinajstić information content (AvgIpc) is 2.42. The highest BCUT2D eigenvalue weighted by Crippen LogP contribution is 2.41. The summed E-state index contributed by atoms with van der Waals surface area (Å²) in [5, 5.41) is 0. The zero-order chi connectivity index (χ0) is 12.8. The van der Waals surface area contributed by atoms with Gasteiger partial charge in [-0.15, -0.1) is 13.2 Å². The second kappa shape index (κ2) is 6.53. The average molecular weight is 250 g/mol. The van der Waals surface area contributed by atoms with Crippen LogP contribution in [0.5, 0.6) is 0 Å². The summed E-state index contributed by atoms with van der Waals surface area (Å²) in [7, 11) is 0. The molecule has 0 aromatic rings. The third-order valence-corrected chi connectivity index (χ3v) is 4.35. The normalized spacial score (nSPS) is 37.1. The minimum Gasteiger partial charge on any atom is -0.353 e. The van der Waals surface area contributed by atoms with Crippen molar-refractivity contribution in [1.29, 1.82) is 0 Å². The lowest BCUT2D eigenvalue weighted by Gasteiger charge is -2.44. The summed E-state index contributed by atoms with van der Waals surface area (Å²) in [5.74, 6) is 0.520. The summed E-state index contributed by atoms with van der Waals surface area (Å²) in [5.41, 5.74) is -0.186. The molecule has 0 bridgehead atoms. The Morgan fingerprint density at radius 2 is 2.00 bits per heavy atom. The Labute approximate surface area is 111 Å². The molecule has 1 unspecified atom stereocenters. The van der Waals surface area contributed by atoms with Crippen molar-refractivity contribution >= 4 is 0 Å². The van der Waals surface area contributed by atoms with Crippen molar-refractivity contribution in [2.24, 2.45) is 5.92 Å².